The van der Waals surface area contributed by atoms with E-state index in [0.29, 0.717) is 0 Å². The maximum Gasteiger partial charge on any atom is 0.123 e. The fourth-order valence-electron chi connectivity index (χ4n) is 2.24. The smallest absolute Gasteiger partial charge is 0.123 e. The molecule has 0 aromatic heterocycles. The van der Waals surface area contributed by atoms with Crippen LogP contribution < -0.4 is 4.74 Å². The number of hydrogen-bond donors (Lipinski definition) is 1. The summed E-state index contributed by atoms with van der Waals surface area (Å²) >= 11 is 0. The van der Waals surface area contributed by atoms with Gasteiger partial charge in [-0.25, -0.2) is 0 Å². The molecule has 2 heteroatoms. The van der Waals surface area contributed by atoms with Gasteiger partial charge in [-0.1, -0.05) is 26.0 Å². The quantitative estimate of drug-likeness (QED) is 0.848. The molecule has 0 saturated heterocycles. The van der Waals surface area contributed by atoms with Gasteiger partial charge in [0, 0.05) is 5.56 Å². The Hall–Kier alpha value is -1.28. The van der Waals surface area contributed by atoms with E-state index in [2.05, 4.69) is 26.0 Å². The van der Waals surface area contributed by atoms with Gasteiger partial charge in [-0.3, -0.25) is 0 Å². The zero-order chi connectivity index (χ0) is 12.5. The number of aliphatic hydroxyl groups excluding tert-OH is 1. The molecule has 0 unspecified atom stereocenters. The lowest BCUT2D eigenvalue weighted by Crippen LogP contribution is -2.26. The first kappa shape index (κ1) is 12.2. The zero-order valence-electron chi connectivity index (χ0n) is 10.8. The van der Waals surface area contributed by atoms with Crippen molar-refractivity contribution in [1.82, 2.24) is 0 Å². The van der Waals surface area contributed by atoms with Gasteiger partial charge in [0.25, 0.3) is 0 Å². The van der Waals surface area contributed by atoms with Crippen molar-refractivity contribution in [3.63, 3.8) is 0 Å². The first-order chi connectivity index (χ1) is 8.04. The summed E-state index contributed by atoms with van der Waals surface area (Å²) in [4.78, 5) is 0. The molecular formula is C15H20O2. The van der Waals surface area contributed by atoms with Gasteiger partial charge in [0.05, 0.1) is 13.2 Å². The first-order valence-electron chi connectivity index (χ1n) is 6.10. The Morgan fingerprint density at radius 3 is 2.94 bits per heavy atom. The van der Waals surface area contributed by atoms with Gasteiger partial charge in [-0.15, -0.1) is 0 Å². The molecule has 1 aromatic rings. The zero-order valence-corrected chi connectivity index (χ0v) is 10.8. The SMILES string of the molecule is C/C(=C/CO)c1ccc2c(c1)C(C)(C)CCO2. The van der Waals surface area contributed by atoms with Crippen molar-refractivity contribution in [1.29, 1.82) is 0 Å². The molecule has 1 heterocycles. The average molecular weight is 232 g/mol. The first-order valence-corrected chi connectivity index (χ1v) is 6.10. The number of aliphatic hydroxyl groups is 1. The fraction of sp³-hybridized carbons (Fsp3) is 0.467. The van der Waals surface area contributed by atoms with Gasteiger partial charge in [0.2, 0.25) is 0 Å². The lowest BCUT2D eigenvalue weighted by molar-refractivity contribution is 0.234. The Morgan fingerprint density at radius 1 is 1.47 bits per heavy atom. The average Bonchev–Trinajstić information content (AvgIpc) is 2.29. The highest BCUT2D eigenvalue weighted by Crippen LogP contribution is 2.39. The van der Waals surface area contributed by atoms with E-state index in [1.807, 2.05) is 19.1 Å². The van der Waals surface area contributed by atoms with Crippen LogP contribution >= 0.6 is 0 Å². The summed E-state index contributed by atoms with van der Waals surface area (Å²) in [6.07, 6.45) is 2.88. The molecule has 0 atom stereocenters. The summed E-state index contributed by atoms with van der Waals surface area (Å²) in [6.45, 7) is 7.41. The molecular weight excluding hydrogens is 212 g/mol. The van der Waals surface area contributed by atoms with Gasteiger partial charge in [-0.2, -0.15) is 0 Å². The van der Waals surface area contributed by atoms with Gasteiger partial charge in [0.15, 0.2) is 0 Å². The van der Waals surface area contributed by atoms with Crippen molar-refractivity contribution in [2.75, 3.05) is 13.2 Å². The second-order valence-corrected chi connectivity index (χ2v) is 5.26. The molecule has 2 nitrogen and oxygen atoms in total. The number of ether oxygens (including phenoxy) is 1. The normalized spacial score (nSPS) is 18.5. The number of benzene rings is 1. The fourth-order valence-corrected chi connectivity index (χ4v) is 2.24. The Bertz CT molecular complexity index is 444. The minimum absolute atomic E-state index is 0.0861. The topological polar surface area (TPSA) is 29.5 Å². The molecule has 2 rings (SSSR count). The summed E-state index contributed by atoms with van der Waals surface area (Å²) in [7, 11) is 0. The Balaban J connectivity index is 2.45. The second kappa shape index (κ2) is 4.53. The van der Waals surface area contributed by atoms with Crippen molar-refractivity contribution in [3.05, 3.63) is 35.4 Å². The van der Waals surface area contributed by atoms with Crippen molar-refractivity contribution in [2.45, 2.75) is 32.6 Å². The van der Waals surface area contributed by atoms with E-state index in [-0.39, 0.29) is 12.0 Å². The van der Waals surface area contributed by atoms with Crippen LogP contribution in [0.2, 0.25) is 0 Å². The molecule has 0 spiro atoms. The molecule has 1 aliphatic rings. The Kier molecular flexibility index (Phi) is 3.25. The van der Waals surface area contributed by atoms with E-state index in [1.54, 1.807) is 0 Å². The van der Waals surface area contributed by atoms with Crippen LogP contribution in [0.1, 0.15) is 38.3 Å². The monoisotopic (exact) mass is 232 g/mol. The summed E-state index contributed by atoms with van der Waals surface area (Å²) in [5.74, 6) is 1.00. The molecule has 1 aromatic carbocycles. The molecule has 92 valence electrons. The summed E-state index contributed by atoms with van der Waals surface area (Å²) < 4.78 is 5.68. The van der Waals surface area contributed by atoms with Crippen molar-refractivity contribution in [2.24, 2.45) is 0 Å². The number of allylic oxidation sites excluding steroid dienone is 1. The number of fused-ring (bicyclic) bond motifs is 1. The van der Waals surface area contributed by atoms with Crippen LogP contribution in [0.4, 0.5) is 0 Å². The van der Waals surface area contributed by atoms with E-state index in [9.17, 15) is 0 Å². The van der Waals surface area contributed by atoms with Gasteiger partial charge >= 0.3 is 0 Å². The second-order valence-electron chi connectivity index (χ2n) is 5.26. The van der Waals surface area contributed by atoms with Crippen LogP contribution in [0, 0.1) is 0 Å². The highest BCUT2D eigenvalue weighted by molar-refractivity contribution is 5.66. The van der Waals surface area contributed by atoms with Crippen molar-refractivity contribution >= 4 is 5.57 Å². The van der Waals surface area contributed by atoms with Crippen LogP contribution in [0.15, 0.2) is 24.3 Å². The summed E-state index contributed by atoms with van der Waals surface area (Å²) in [6, 6.07) is 6.29. The molecule has 1 aliphatic heterocycles. The lowest BCUT2D eigenvalue weighted by atomic mass is 9.79. The molecule has 0 saturated carbocycles. The minimum atomic E-state index is 0.0861. The summed E-state index contributed by atoms with van der Waals surface area (Å²) in [5.41, 5.74) is 3.71. The molecule has 0 fully saturated rings. The van der Waals surface area contributed by atoms with Crippen LogP contribution in [0.25, 0.3) is 5.57 Å². The van der Waals surface area contributed by atoms with E-state index < -0.39 is 0 Å². The molecule has 1 N–H and O–H groups in total. The standard InChI is InChI=1S/C15H20O2/c1-11(6-8-16)12-4-5-14-13(10-12)15(2,3)7-9-17-14/h4-6,10,16H,7-9H2,1-3H3/b11-6-. The molecule has 0 radical (unpaired) electrons. The van der Waals surface area contributed by atoms with E-state index in [4.69, 9.17) is 9.84 Å². The highest BCUT2D eigenvalue weighted by Gasteiger charge is 2.28. The van der Waals surface area contributed by atoms with Crippen LogP contribution in [-0.2, 0) is 5.41 Å². The lowest BCUT2D eigenvalue weighted by Gasteiger charge is -2.32. The third kappa shape index (κ3) is 2.37. The highest BCUT2D eigenvalue weighted by atomic mass is 16.5. The Morgan fingerprint density at radius 2 is 2.24 bits per heavy atom. The van der Waals surface area contributed by atoms with Gasteiger partial charge < -0.3 is 9.84 Å². The number of hydrogen-bond acceptors (Lipinski definition) is 2. The van der Waals surface area contributed by atoms with Gasteiger partial charge in [-0.05, 0) is 42.0 Å². The van der Waals surface area contributed by atoms with Crippen LogP contribution in [0.3, 0.4) is 0 Å². The largest absolute Gasteiger partial charge is 0.493 e. The minimum Gasteiger partial charge on any atom is -0.493 e. The van der Waals surface area contributed by atoms with Crippen molar-refractivity contribution < 1.29 is 9.84 Å². The molecule has 0 amide bonds. The van der Waals surface area contributed by atoms with E-state index in [1.165, 1.54) is 5.56 Å². The maximum absolute atomic E-state index is 8.94. The third-order valence-corrected chi connectivity index (χ3v) is 3.55. The summed E-state index contributed by atoms with van der Waals surface area (Å²) in [5, 5.41) is 8.94. The maximum atomic E-state index is 8.94. The third-order valence-electron chi connectivity index (χ3n) is 3.55. The van der Waals surface area contributed by atoms with Crippen LogP contribution in [-0.4, -0.2) is 18.3 Å². The number of rotatable bonds is 2. The van der Waals surface area contributed by atoms with Crippen molar-refractivity contribution in [3.8, 4) is 5.75 Å². The van der Waals surface area contributed by atoms with Gasteiger partial charge in [0.1, 0.15) is 5.75 Å². The Labute approximate surface area is 103 Å². The predicted molar refractivity (Wildman–Crippen MR) is 70.3 cm³/mol. The predicted octanol–water partition coefficient (Wildman–Crippen LogP) is 3.14. The van der Waals surface area contributed by atoms with E-state index in [0.717, 1.165) is 29.9 Å². The molecule has 0 aliphatic carbocycles. The van der Waals surface area contributed by atoms with E-state index >= 15 is 0 Å². The molecule has 17 heavy (non-hydrogen) atoms. The van der Waals surface area contributed by atoms with Crippen LogP contribution in [0.5, 0.6) is 5.75 Å². The molecule has 0 bridgehead atoms.